The zero-order chi connectivity index (χ0) is 17.8. The quantitative estimate of drug-likeness (QED) is 0.659. The van der Waals surface area contributed by atoms with Crippen molar-refractivity contribution in [2.75, 3.05) is 23.3 Å². The van der Waals surface area contributed by atoms with Crippen LogP contribution in [-0.4, -0.2) is 39.0 Å². The molecule has 25 heavy (non-hydrogen) atoms. The molecule has 132 valence electrons. The van der Waals surface area contributed by atoms with Crippen LogP contribution in [0, 0.1) is 17.0 Å². The van der Waals surface area contributed by atoms with E-state index in [2.05, 4.69) is 38.2 Å². The predicted octanol–water partition coefficient (Wildman–Crippen LogP) is 2.73. The van der Waals surface area contributed by atoms with E-state index in [0.717, 1.165) is 43.9 Å². The van der Waals surface area contributed by atoms with Crippen LogP contribution in [0.5, 0.6) is 0 Å². The molecule has 8 nitrogen and oxygen atoms in total. The lowest BCUT2D eigenvalue weighted by Gasteiger charge is -2.33. The Labute approximate surface area is 146 Å². The van der Waals surface area contributed by atoms with E-state index in [1.807, 2.05) is 0 Å². The Morgan fingerprint density at radius 3 is 2.68 bits per heavy atom. The van der Waals surface area contributed by atoms with Crippen molar-refractivity contribution in [3.63, 3.8) is 0 Å². The molecule has 3 heterocycles. The smallest absolute Gasteiger partial charge is 0.290 e. The van der Waals surface area contributed by atoms with E-state index in [9.17, 15) is 10.1 Å². The van der Waals surface area contributed by atoms with Gasteiger partial charge in [0.15, 0.2) is 0 Å². The number of aryl methyl sites for hydroxylation is 2. The Bertz CT molecular complexity index is 759. The van der Waals surface area contributed by atoms with Gasteiger partial charge < -0.3 is 10.2 Å². The molecule has 3 rings (SSSR count). The van der Waals surface area contributed by atoms with E-state index in [-0.39, 0.29) is 5.69 Å². The zero-order valence-corrected chi connectivity index (χ0v) is 14.5. The Morgan fingerprint density at radius 1 is 1.28 bits per heavy atom. The summed E-state index contributed by atoms with van der Waals surface area (Å²) in [5, 5.41) is 14.3. The van der Waals surface area contributed by atoms with Crippen molar-refractivity contribution in [3.05, 3.63) is 46.0 Å². The first-order chi connectivity index (χ1) is 12.1. The third-order valence-corrected chi connectivity index (χ3v) is 4.52. The number of anilines is 2. The average molecular weight is 342 g/mol. The Kier molecular flexibility index (Phi) is 5.06. The molecule has 1 saturated heterocycles. The molecule has 0 aliphatic carbocycles. The van der Waals surface area contributed by atoms with Crippen LogP contribution in [0.25, 0.3) is 0 Å². The molecule has 0 atom stereocenters. The van der Waals surface area contributed by atoms with E-state index >= 15 is 0 Å². The lowest BCUT2D eigenvalue weighted by Crippen LogP contribution is -2.39. The van der Waals surface area contributed by atoms with Crippen molar-refractivity contribution >= 4 is 17.3 Å². The summed E-state index contributed by atoms with van der Waals surface area (Å²) >= 11 is 0. The molecule has 2 aromatic heterocycles. The molecule has 1 N–H and O–H groups in total. The number of piperidine rings is 1. The van der Waals surface area contributed by atoms with Crippen LogP contribution in [0.15, 0.2) is 24.7 Å². The second kappa shape index (κ2) is 7.42. The van der Waals surface area contributed by atoms with Crippen molar-refractivity contribution in [1.29, 1.82) is 0 Å². The van der Waals surface area contributed by atoms with Crippen LogP contribution in [-0.2, 0) is 6.42 Å². The van der Waals surface area contributed by atoms with Crippen LogP contribution in [0.1, 0.15) is 31.0 Å². The van der Waals surface area contributed by atoms with Crippen molar-refractivity contribution in [2.24, 2.45) is 0 Å². The Hall–Kier alpha value is -2.77. The highest BCUT2D eigenvalue weighted by atomic mass is 16.6. The fraction of sp³-hybridized carbons (Fsp3) is 0.471. The van der Waals surface area contributed by atoms with Gasteiger partial charge in [0.2, 0.25) is 0 Å². The molecule has 0 amide bonds. The molecule has 8 heteroatoms. The summed E-state index contributed by atoms with van der Waals surface area (Å²) in [6, 6.07) is 4.09. The fourth-order valence-corrected chi connectivity index (χ4v) is 3.03. The molecular formula is C17H22N6O2. The summed E-state index contributed by atoms with van der Waals surface area (Å²) in [5.74, 6) is 1.67. The maximum atomic E-state index is 10.9. The largest absolute Gasteiger partial charge is 0.367 e. The molecule has 1 aliphatic rings. The van der Waals surface area contributed by atoms with Gasteiger partial charge in [0.1, 0.15) is 24.2 Å². The van der Waals surface area contributed by atoms with Crippen LogP contribution in [0.2, 0.25) is 0 Å². The maximum Gasteiger partial charge on any atom is 0.290 e. The SMILES string of the molecule is CCc1cc(N2CCC(Nc3cc(C)c([N+](=O)[O-])cn3)CC2)ncn1. The van der Waals surface area contributed by atoms with Gasteiger partial charge in [0, 0.05) is 36.5 Å². The third kappa shape index (κ3) is 4.01. The first kappa shape index (κ1) is 17.1. The monoisotopic (exact) mass is 342 g/mol. The lowest BCUT2D eigenvalue weighted by atomic mass is 10.0. The van der Waals surface area contributed by atoms with Crippen LogP contribution in [0.3, 0.4) is 0 Å². The molecule has 0 unspecified atom stereocenters. The highest BCUT2D eigenvalue weighted by molar-refractivity contribution is 5.47. The van der Waals surface area contributed by atoms with Gasteiger partial charge in [-0.05, 0) is 32.3 Å². The molecule has 1 aliphatic heterocycles. The van der Waals surface area contributed by atoms with Crippen molar-refractivity contribution < 1.29 is 4.92 Å². The number of pyridine rings is 1. The number of nitro groups is 1. The van der Waals surface area contributed by atoms with Gasteiger partial charge in [-0.15, -0.1) is 0 Å². The van der Waals surface area contributed by atoms with Gasteiger partial charge in [-0.3, -0.25) is 10.1 Å². The summed E-state index contributed by atoms with van der Waals surface area (Å²) in [6.07, 6.45) is 5.77. The number of rotatable bonds is 5. The van der Waals surface area contributed by atoms with Gasteiger partial charge in [-0.1, -0.05) is 6.92 Å². The van der Waals surface area contributed by atoms with Crippen molar-refractivity contribution in [1.82, 2.24) is 15.0 Å². The minimum atomic E-state index is -0.406. The summed E-state index contributed by atoms with van der Waals surface area (Å²) in [4.78, 5) is 25.5. The van der Waals surface area contributed by atoms with Gasteiger partial charge in [-0.25, -0.2) is 15.0 Å². The Balaban J connectivity index is 1.59. The van der Waals surface area contributed by atoms with E-state index in [1.54, 1.807) is 19.3 Å². The highest BCUT2D eigenvalue weighted by Gasteiger charge is 2.21. The van der Waals surface area contributed by atoms with Crippen LogP contribution < -0.4 is 10.2 Å². The van der Waals surface area contributed by atoms with E-state index < -0.39 is 4.92 Å². The second-order valence-corrected chi connectivity index (χ2v) is 6.24. The predicted molar refractivity (Wildman–Crippen MR) is 95.9 cm³/mol. The maximum absolute atomic E-state index is 10.9. The molecule has 1 fully saturated rings. The fourth-order valence-electron chi connectivity index (χ4n) is 3.03. The molecule has 0 radical (unpaired) electrons. The number of nitrogens with one attached hydrogen (secondary N) is 1. The number of nitrogens with zero attached hydrogens (tertiary/aromatic N) is 5. The normalized spacial score (nSPS) is 15.2. The number of hydrogen-bond donors (Lipinski definition) is 1. The molecular weight excluding hydrogens is 320 g/mol. The summed E-state index contributed by atoms with van der Waals surface area (Å²) in [5.41, 5.74) is 1.72. The summed E-state index contributed by atoms with van der Waals surface area (Å²) in [7, 11) is 0. The lowest BCUT2D eigenvalue weighted by molar-refractivity contribution is -0.385. The molecule has 0 saturated carbocycles. The zero-order valence-electron chi connectivity index (χ0n) is 14.5. The average Bonchev–Trinajstić information content (AvgIpc) is 2.62. The van der Waals surface area contributed by atoms with Crippen molar-refractivity contribution in [3.8, 4) is 0 Å². The van der Waals surface area contributed by atoms with Crippen molar-refractivity contribution in [2.45, 2.75) is 39.2 Å². The number of hydrogen-bond acceptors (Lipinski definition) is 7. The molecule has 0 spiro atoms. The minimum absolute atomic E-state index is 0.0517. The minimum Gasteiger partial charge on any atom is -0.367 e. The molecule has 0 aromatic carbocycles. The van der Waals surface area contributed by atoms with Gasteiger partial charge in [-0.2, -0.15) is 0 Å². The first-order valence-corrected chi connectivity index (χ1v) is 8.50. The van der Waals surface area contributed by atoms with E-state index in [0.29, 0.717) is 17.4 Å². The highest BCUT2D eigenvalue weighted by Crippen LogP contribution is 2.23. The second-order valence-electron chi connectivity index (χ2n) is 6.24. The van der Waals surface area contributed by atoms with Crippen LogP contribution in [0.4, 0.5) is 17.3 Å². The van der Waals surface area contributed by atoms with Gasteiger partial charge in [0.05, 0.1) is 4.92 Å². The topological polar surface area (TPSA) is 97.1 Å². The van der Waals surface area contributed by atoms with Crippen LogP contribution >= 0.6 is 0 Å². The third-order valence-electron chi connectivity index (χ3n) is 4.52. The summed E-state index contributed by atoms with van der Waals surface area (Å²) < 4.78 is 0. The number of aromatic nitrogens is 3. The standard InChI is InChI=1S/C17H22N6O2/c1-3-13-9-17(20-11-19-13)22-6-4-14(5-7-22)21-16-8-12(2)15(10-18-16)23(24)25/h8-11,14H,3-7H2,1-2H3,(H,18,21). The molecule has 2 aromatic rings. The summed E-state index contributed by atoms with van der Waals surface area (Å²) in [6.45, 7) is 5.63. The van der Waals surface area contributed by atoms with Gasteiger partial charge in [0.25, 0.3) is 5.69 Å². The Morgan fingerprint density at radius 2 is 2.04 bits per heavy atom. The van der Waals surface area contributed by atoms with E-state index in [1.165, 1.54) is 6.20 Å². The van der Waals surface area contributed by atoms with Gasteiger partial charge >= 0.3 is 0 Å². The first-order valence-electron chi connectivity index (χ1n) is 8.50. The molecule has 0 bridgehead atoms. The van der Waals surface area contributed by atoms with E-state index in [4.69, 9.17) is 0 Å².